The number of likely N-dealkylation sites (N-methyl/N-ethyl adjacent to an activating group) is 1. The molecule has 0 aromatic heterocycles. The molecule has 0 fully saturated rings. The van der Waals surface area contributed by atoms with Crippen molar-refractivity contribution >= 4 is 17.9 Å². The van der Waals surface area contributed by atoms with Gasteiger partial charge in [-0.3, -0.25) is 9.59 Å². The van der Waals surface area contributed by atoms with Gasteiger partial charge in [0.05, 0.1) is 40.3 Å². The Balaban J connectivity index is 4.45. The molecule has 0 aromatic carbocycles. The zero-order valence-electron chi connectivity index (χ0n) is 34.2. The summed E-state index contributed by atoms with van der Waals surface area (Å²) in [5.41, 5.74) is 0. The van der Waals surface area contributed by atoms with Crippen LogP contribution in [0, 0.1) is 0 Å². The Morgan fingerprint density at radius 1 is 0.577 bits per heavy atom. The van der Waals surface area contributed by atoms with Crippen LogP contribution in [0.2, 0.25) is 0 Å². The van der Waals surface area contributed by atoms with E-state index in [1.54, 1.807) is 21.1 Å². The van der Waals surface area contributed by atoms with Crippen molar-refractivity contribution in [3.05, 3.63) is 36.5 Å². The van der Waals surface area contributed by atoms with E-state index in [1.165, 1.54) is 103 Å². The van der Waals surface area contributed by atoms with E-state index in [0.29, 0.717) is 12.8 Å². The zero-order chi connectivity index (χ0) is 38.5. The van der Waals surface area contributed by atoms with E-state index in [1.807, 2.05) is 6.08 Å². The molecule has 0 N–H and O–H groups in total. The summed E-state index contributed by atoms with van der Waals surface area (Å²) in [6, 6.07) is -0.732. The molecule has 8 nitrogen and oxygen atoms in total. The first kappa shape index (κ1) is 49.6. The van der Waals surface area contributed by atoms with Crippen LogP contribution in [0.1, 0.15) is 174 Å². The van der Waals surface area contributed by atoms with Crippen molar-refractivity contribution < 1.29 is 38.2 Å². The van der Waals surface area contributed by atoms with Crippen LogP contribution in [0.3, 0.4) is 0 Å². The highest BCUT2D eigenvalue weighted by Gasteiger charge is 2.25. The van der Waals surface area contributed by atoms with E-state index < -0.39 is 18.1 Å². The van der Waals surface area contributed by atoms with Crippen LogP contribution in [0.5, 0.6) is 0 Å². The first-order chi connectivity index (χ1) is 25.1. The normalized spacial score (nSPS) is 13.3. The number of carboxylic acid groups (broad SMARTS) is 1. The molecule has 0 saturated carbocycles. The minimum absolute atomic E-state index is 0.0228. The maximum absolute atomic E-state index is 12.7. The molecule has 0 saturated heterocycles. The van der Waals surface area contributed by atoms with Gasteiger partial charge in [0.15, 0.2) is 6.10 Å². The highest BCUT2D eigenvalue weighted by molar-refractivity contribution is 5.70. The number of ether oxygens (including phenoxy) is 3. The van der Waals surface area contributed by atoms with Crippen molar-refractivity contribution in [2.75, 3.05) is 41.0 Å². The van der Waals surface area contributed by atoms with Crippen LogP contribution in [0.25, 0.3) is 0 Å². The second-order valence-electron chi connectivity index (χ2n) is 15.2. The third kappa shape index (κ3) is 33.4. The van der Waals surface area contributed by atoms with Crippen LogP contribution in [0.15, 0.2) is 36.5 Å². The topological polar surface area (TPSA) is 102 Å². The number of carboxylic acids is 1. The first-order valence-electron chi connectivity index (χ1n) is 21.0. The molecule has 2 unspecified atom stereocenters. The van der Waals surface area contributed by atoms with Gasteiger partial charge >= 0.3 is 11.9 Å². The molecule has 0 aromatic rings. The smallest absolute Gasteiger partial charge is 0.306 e. The molecular weight excluding hydrogens is 654 g/mol. The number of carbonyl (C=O) groups excluding carboxylic acids is 3. The minimum Gasteiger partial charge on any atom is -0.544 e. The maximum Gasteiger partial charge on any atom is 0.306 e. The molecule has 0 heterocycles. The van der Waals surface area contributed by atoms with Crippen LogP contribution >= 0.6 is 0 Å². The molecule has 0 spiro atoms. The number of quaternary nitrogens is 1. The van der Waals surface area contributed by atoms with Crippen molar-refractivity contribution in [2.24, 2.45) is 0 Å². The Bertz CT molecular complexity index is 953. The standard InChI is InChI=1S/C44H79NO7/c1-6-8-10-12-14-16-18-20-21-23-25-27-29-31-33-35-43(47)52-40(38-50-37-36-41(44(48)49)45(3,4)5)39-51-42(46)34-32-30-28-26-24-22-19-17-15-13-11-9-7-2/h16,18,22,24,28,30,40-41H,6-15,17,19-21,23,25-27,29,31-39H2,1-5H3/b18-16+,24-22+,30-28+. The Morgan fingerprint density at radius 3 is 1.60 bits per heavy atom. The van der Waals surface area contributed by atoms with Crippen molar-refractivity contribution in [1.82, 2.24) is 0 Å². The minimum atomic E-state index is -1.13. The molecule has 8 heteroatoms. The molecule has 0 radical (unpaired) electrons. The van der Waals surface area contributed by atoms with Crippen molar-refractivity contribution in [1.29, 1.82) is 0 Å². The maximum atomic E-state index is 12.7. The number of hydrogen-bond donors (Lipinski definition) is 0. The number of rotatable bonds is 37. The Kier molecular flexibility index (Phi) is 33.9. The van der Waals surface area contributed by atoms with Gasteiger partial charge in [0.2, 0.25) is 0 Å². The summed E-state index contributed by atoms with van der Waals surface area (Å²) in [7, 11) is 5.38. The van der Waals surface area contributed by atoms with E-state index in [2.05, 4.69) is 44.2 Å². The fraction of sp³-hybridized carbons (Fsp3) is 0.795. The summed E-state index contributed by atoms with van der Waals surface area (Å²) in [4.78, 5) is 36.7. The molecule has 302 valence electrons. The lowest BCUT2D eigenvalue weighted by Gasteiger charge is -2.34. The monoisotopic (exact) mass is 734 g/mol. The van der Waals surface area contributed by atoms with Gasteiger partial charge in [-0.15, -0.1) is 0 Å². The van der Waals surface area contributed by atoms with Crippen LogP contribution < -0.4 is 5.11 Å². The quantitative estimate of drug-likeness (QED) is 0.0271. The van der Waals surface area contributed by atoms with Crippen molar-refractivity contribution in [2.45, 2.75) is 187 Å². The summed E-state index contributed by atoms with van der Waals surface area (Å²) in [6.45, 7) is 4.57. The van der Waals surface area contributed by atoms with Gasteiger partial charge in [-0.25, -0.2) is 0 Å². The Morgan fingerprint density at radius 2 is 1.06 bits per heavy atom. The summed E-state index contributed by atoms with van der Waals surface area (Å²) in [5.74, 6) is -1.82. The summed E-state index contributed by atoms with van der Waals surface area (Å²) in [6.07, 6.45) is 38.9. The SMILES string of the molecule is CCCCCC/C=C/CCCCCCCCCC(=O)OC(COCCC(C(=O)[O-])[N+](C)(C)C)COC(=O)CC/C=C/C/C=C/CCCCCCCC. The molecule has 52 heavy (non-hydrogen) atoms. The van der Waals surface area contributed by atoms with E-state index in [-0.39, 0.29) is 49.1 Å². The van der Waals surface area contributed by atoms with Gasteiger partial charge in [-0.1, -0.05) is 134 Å². The number of allylic oxidation sites excluding steroid dienone is 6. The number of aliphatic carboxylic acids is 1. The number of carbonyl (C=O) groups is 3. The Labute approximate surface area is 319 Å². The molecule has 0 bridgehead atoms. The fourth-order valence-corrected chi connectivity index (χ4v) is 5.94. The second kappa shape index (κ2) is 35.6. The third-order valence-corrected chi connectivity index (χ3v) is 9.26. The number of hydrogen-bond acceptors (Lipinski definition) is 7. The van der Waals surface area contributed by atoms with Gasteiger partial charge in [-0.2, -0.15) is 0 Å². The van der Waals surface area contributed by atoms with Crippen LogP contribution in [-0.4, -0.2) is 75.5 Å². The Hall–Kier alpha value is -2.45. The lowest BCUT2D eigenvalue weighted by Crippen LogP contribution is -2.55. The van der Waals surface area contributed by atoms with Crippen molar-refractivity contribution in [3.63, 3.8) is 0 Å². The van der Waals surface area contributed by atoms with Gasteiger partial charge in [-0.05, 0) is 57.8 Å². The summed E-state index contributed by atoms with van der Waals surface area (Å²) in [5, 5.41) is 11.6. The molecule has 0 amide bonds. The fourth-order valence-electron chi connectivity index (χ4n) is 5.94. The molecule has 0 rings (SSSR count). The number of nitrogens with zero attached hydrogens (tertiary/aromatic N) is 1. The van der Waals surface area contributed by atoms with Gasteiger partial charge < -0.3 is 28.6 Å². The summed E-state index contributed by atoms with van der Waals surface area (Å²) >= 11 is 0. The van der Waals surface area contributed by atoms with E-state index in [0.717, 1.165) is 32.1 Å². The van der Waals surface area contributed by atoms with E-state index >= 15 is 0 Å². The first-order valence-corrected chi connectivity index (χ1v) is 21.0. The molecule has 0 aliphatic rings. The molecule has 0 aliphatic carbocycles. The number of esters is 2. The van der Waals surface area contributed by atoms with E-state index in [4.69, 9.17) is 14.2 Å². The molecule has 2 atom stereocenters. The van der Waals surface area contributed by atoms with Crippen molar-refractivity contribution in [3.8, 4) is 0 Å². The zero-order valence-corrected chi connectivity index (χ0v) is 34.2. The van der Waals surface area contributed by atoms with Gasteiger partial charge in [0.1, 0.15) is 12.6 Å². The highest BCUT2D eigenvalue weighted by atomic mass is 16.6. The average Bonchev–Trinajstić information content (AvgIpc) is 3.09. The number of unbranched alkanes of at least 4 members (excludes halogenated alkanes) is 17. The van der Waals surface area contributed by atoms with Crippen LogP contribution in [-0.2, 0) is 28.6 Å². The van der Waals surface area contributed by atoms with E-state index in [9.17, 15) is 19.5 Å². The van der Waals surface area contributed by atoms with Crippen LogP contribution in [0.4, 0.5) is 0 Å². The third-order valence-electron chi connectivity index (χ3n) is 9.26. The predicted octanol–water partition coefficient (Wildman–Crippen LogP) is 9.74. The summed E-state index contributed by atoms with van der Waals surface area (Å²) < 4.78 is 17.1. The molecular formula is C44H79NO7. The highest BCUT2D eigenvalue weighted by Crippen LogP contribution is 2.13. The molecule has 0 aliphatic heterocycles. The van der Waals surface area contributed by atoms with Gasteiger partial charge in [0, 0.05) is 19.3 Å². The second-order valence-corrected chi connectivity index (χ2v) is 15.2. The largest absolute Gasteiger partial charge is 0.544 e. The average molecular weight is 734 g/mol. The van der Waals surface area contributed by atoms with Gasteiger partial charge in [0.25, 0.3) is 0 Å². The predicted molar refractivity (Wildman–Crippen MR) is 213 cm³/mol. The lowest BCUT2D eigenvalue weighted by atomic mass is 10.1. The lowest BCUT2D eigenvalue weighted by molar-refractivity contribution is -0.889.